The lowest BCUT2D eigenvalue weighted by atomic mass is 9.96. The molecule has 1 atom stereocenters. The molecular weight excluding hydrogens is 266 g/mol. The fourth-order valence-corrected chi connectivity index (χ4v) is 1.22. The zero-order valence-electron chi connectivity index (χ0n) is 11.9. The van der Waals surface area contributed by atoms with Gasteiger partial charge in [-0.25, -0.2) is 4.79 Å². The van der Waals surface area contributed by atoms with E-state index in [9.17, 15) is 19.2 Å². The summed E-state index contributed by atoms with van der Waals surface area (Å²) in [7, 11) is 0. The van der Waals surface area contributed by atoms with E-state index in [2.05, 4.69) is 10.6 Å². The number of hydrogen-bond donors (Lipinski definition) is 4. The molecule has 0 heterocycles. The van der Waals surface area contributed by atoms with Crippen LogP contribution in [0.5, 0.6) is 0 Å². The van der Waals surface area contributed by atoms with Crippen LogP contribution in [0.4, 0.5) is 0 Å². The van der Waals surface area contributed by atoms with Gasteiger partial charge in [0.25, 0.3) is 0 Å². The van der Waals surface area contributed by atoms with Crippen LogP contribution in [-0.4, -0.2) is 41.4 Å². The van der Waals surface area contributed by atoms with E-state index in [1.165, 1.54) is 0 Å². The molecule has 8 heteroatoms. The zero-order chi connectivity index (χ0) is 15.9. The summed E-state index contributed by atoms with van der Waals surface area (Å²) in [6.45, 7) is 5.28. The highest BCUT2D eigenvalue weighted by atomic mass is 16.4. The Kier molecular flexibility index (Phi) is 6.67. The molecule has 0 unspecified atom stereocenters. The van der Waals surface area contributed by atoms with Gasteiger partial charge in [0.15, 0.2) is 0 Å². The average Bonchev–Trinajstić information content (AvgIpc) is 2.25. The number of rotatable bonds is 7. The molecule has 5 N–H and O–H groups in total. The van der Waals surface area contributed by atoms with Gasteiger partial charge in [-0.2, -0.15) is 0 Å². The maximum Gasteiger partial charge on any atom is 0.326 e. The summed E-state index contributed by atoms with van der Waals surface area (Å²) >= 11 is 0. The maximum atomic E-state index is 11.5. The second-order valence-corrected chi connectivity index (χ2v) is 5.38. The van der Waals surface area contributed by atoms with E-state index in [1.54, 1.807) is 20.8 Å². The number of amides is 3. The Labute approximate surface area is 117 Å². The van der Waals surface area contributed by atoms with E-state index in [0.29, 0.717) is 0 Å². The molecule has 114 valence electrons. The molecule has 0 aromatic rings. The first kappa shape index (κ1) is 17.9. The average molecular weight is 287 g/mol. The van der Waals surface area contributed by atoms with Crippen molar-refractivity contribution in [3.63, 3.8) is 0 Å². The Balaban J connectivity index is 4.19. The maximum absolute atomic E-state index is 11.5. The van der Waals surface area contributed by atoms with Gasteiger partial charge in [-0.15, -0.1) is 0 Å². The Bertz CT molecular complexity index is 400. The summed E-state index contributed by atoms with van der Waals surface area (Å²) in [6.07, 6.45) is -0.556. The van der Waals surface area contributed by atoms with Crippen molar-refractivity contribution in [2.24, 2.45) is 11.1 Å². The van der Waals surface area contributed by atoms with E-state index in [-0.39, 0.29) is 18.9 Å². The predicted octanol–water partition coefficient (Wildman–Crippen LogP) is -1.02. The molecule has 0 saturated carbocycles. The highest BCUT2D eigenvalue weighted by Crippen LogP contribution is 2.12. The number of carbonyl (C=O) groups excluding carboxylic acids is 3. The number of hydrogen-bond acceptors (Lipinski definition) is 4. The Hall–Kier alpha value is -2.12. The quantitative estimate of drug-likeness (QED) is 0.475. The lowest BCUT2D eigenvalue weighted by Crippen LogP contribution is -2.44. The molecule has 0 aliphatic rings. The Morgan fingerprint density at radius 2 is 1.75 bits per heavy atom. The fourth-order valence-electron chi connectivity index (χ4n) is 1.22. The number of primary amides is 1. The van der Waals surface area contributed by atoms with Gasteiger partial charge in [-0.05, 0) is 0 Å². The van der Waals surface area contributed by atoms with Gasteiger partial charge >= 0.3 is 5.97 Å². The number of aliphatic carboxylic acids is 1. The summed E-state index contributed by atoms with van der Waals surface area (Å²) in [4.78, 5) is 44.5. The van der Waals surface area contributed by atoms with E-state index in [1.807, 2.05) is 0 Å². The summed E-state index contributed by atoms with van der Waals surface area (Å²) in [5.74, 6) is -2.94. The minimum absolute atomic E-state index is 0.0790. The third kappa shape index (κ3) is 7.34. The lowest BCUT2D eigenvalue weighted by molar-refractivity contribution is -0.143. The molecule has 3 amide bonds. The third-order valence-corrected chi connectivity index (χ3v) is 2.36. The van der Waals surface area contributed by atoms with Crippen molar-refractivity contribution < 1.29 is 24.3 Å². The van der Waals surface area contributed by atoms with Gasteiger partial charge in [0.1, 0.15) is 6.04 Å². The molecule has 0 aliphatic heterocycles. The van der Waals surface area contributed by atoms with Crippen molar-refractivity contribution in [2.45, 2.75) is 39.7 Å². The van der Waals surface area contributed by atoms with Crippen molar-refractivity contribution in [3.8, 4) is 0 Å². The predicted molar refractivity (Wildman–Crippen MR) is 70.5 cm³/mol. The normalized spacial score (nSPS) is 12.3. The van der Waals surface area contributed by atoms with E-state index in [0.717, 1.165) is 0 Å². The largest absolute Gasteiger partial charge is 0.480 e. The van der Waals surface area contributed by atoms with Gasteiger partial charge < -0.3 is 21.5 Å². The number of carboxylic acids is 1. The van der Waals surface area contributed by atoms with Gasteiger partial charge in [-0.1, -0.05) is 20.8 Å². The highest BCUT2D eigenvalue weighted by molar-refractivity contribution is 5.88. The van der Waals surface area contributed by atoms with Gasteiger partial charge in [0, 0.05) is 18.4 Å². The minimum atomic E-state index is -1.35. The van der Waals surface area contributed by atoms with Crippen molar-refractivity contribution in [1.29, 1.82) is 0 Å². The molecular formula is C12H21N3O5. The van der Waals surface area contributed by atoms with Crippen molar-refractivity contribution in [1.82, 2.24) is 10.6 Å². The topological polar surface area (TPSA) is 139 Å². The molecule has 0 bridgehead atoms. The van der Waals surface area contributed by atoms with Gasteiger partial charge in [0.2, 0.25) is 17.7 Å². The molecule has 0 aliphatic carbocycles. The van der Waals surface area contributed by atoms with Crippen LogP contribution in [0.2, 0.25) is 0 Å². The molecule has 8 nitrogen and oxygen atoms in total. The molecule has 0 aromatic carbocycles. The second-order valence-electron chi connectivity index (χ2n) is 5.38. The number of carbonyl (C=O) groups is 4. The van der Waals surface area contributed by atoms with E-state index >= 15 is 0 Å². The Morgan fingerprint density at radius 1 is 1.20 bits per heavy atom. The zero-order valence-corrected chi connectivity index (χ0v) is 11.9. The first-order chi connectivity index (χ1) is 9.04. The molecule has 0 fully saturated rings. The van der Waals surface area contributed by atoms with Crippen LogP contribution in [-0.2, 0) is 19.2 Å². The molecule has 0 rings (SSSR count). The number of nitrogens with one attached hydrogen (secondary N) is 2. The standard InChI is InChI=1S/C12H21N3O5/c1-12(2,3)11(20)14-5-4-9(17)15-7(10(18)19)6-8(13)16/h7H,4-6H2,1-3H3,(H2,13,16)(H,14,20)(H,15,17)(H,18,19)/t7-/m1/s1. The molecule has 0 spiro atoms. The van der Waals surface area contributed by atoms with Crippen LogP contribution in [0.1, 0.15) is 33.6 Å². The smallest absolute Gasteiger partial charge is 0.326 e. The van der Waals surface area contributed by atoms with Crippen LogP contribution >= 0.6 is 0 Å². The first-order valence-corrected chi connectivity index (χ1v) is 6.13. The SMILES string of the molecule is CC(C)(C)C(=O)NCCC(=O)N[C@H](CC(N)=O)C(=O)O. The monoisotopic (exact) mass is 287 g/mol. The second kappa shape index (κ2) is 7.46. The van der Waals surface area contributed by atoms with Crippen molar-refractivity contribution in [3.05, 3.63) is 0 Å². The van der Waals surface area contributed by atoms with Crippen LogP contribution in [0, 0.1) is 5.41 Å². The highest BCUT2D eigenvalue weighted by Gasteiger charge is 2.23. The van der Waals surface area contributed by atoms with Crippen molar-refractivity contribution >= 4 is 23.7 Å². The number of nitrogens with two attached hydrogens (primary N) is 1. The van der Waals surface area contributed by atoms with E-state index < -0.39 is 35.7 Å². The first-order valence-electron chi connectivity index (χ1n) is 6.13. The summed E-state index contributed by atoms with van der Waals surface area (Å²) in [5.41, 5.74) is 4.32. The fraction of sp³-hybridized carbons (Fsp3) is 0.667. The van der Waals surface area contributed by atoms with Crippen molar-refractivity contribution in [2.75, 3.05) is 6.54 Å². The van der Waals surface area contributed by atoms with Gasteiger partial charge in [-0.3, -0.25) is 14.4 Å². The third-order valence-electron chi connectivity index (χ3n) is 2.36. The van der Waals surface area contributed by atoms with Crippen LogP contribution in [0.25, 0.3) is 0 Å². The minimum Gasteiger partial charge on any atom is -0.480 e. The lowest BCUT2D eigenvalue weighted by Gasteiger charge is -2.18. The van der Waals surface area contributed by atoms with E-state index in [4.69, 9.17) is 10.8 Å². The molecule has 20 heavy (non-hydrogen) atoms. The van der Waals surface area contributed by atoms with Crippen LogP contribution in [0.3, 0.4) is 0 Å². The summed E-state index contributed by atoms with van der Waals surface area (Å²) in [5, 5.41) is 13.5. The molecule has 0 saturated heterocycles. The summed E-state index contributed by atoms with van der Waals surface area (Å²) in [6, 6.07) is -1.35. The Morgan fingerprint density at radius 3 is 2.15 bits per heavy atom. The summed E-state index contributed by atoms with van der Waals surface area (Å²) < 4.78 is 0. The number of carboxylic acid groups (broad SMARTS) is 1. The van der Waals surface area contributed by atoms with Crippen LogP contribution < -0.4 is 16.4 Å². The molecule has 0 aromatic heterocycles. The van der Waals surface area contributed by atoms with Crippen LogP contribution in [0.15, 0.2) is 0 Å². The van der Waals surface area contributed by atoms with Gasteiger partial charge in [0.05, 0.1) is 6.42 Å². The molecule has 0 radical (unpaired) electrons.